The van der Waals surface area contributed by atoms with Crippen LogP contribution in [0.5, 0.6) is 0 Å². The molecule has 0 aliphatic rings. The van der Waals surface area contributed by atoms with E-state index in [-0.39, 0.29) is 24.7 Å². The second-order valence-electron chi connectivity index (χ2n) is 3.24. The van der Waals surface area contributed by atoms with Gasteiger partial charge in [0.1, 0.15) is 6.54 Å². The molecule has 0 fully saturated rings. The molecule has 0 amide bonds. The van der Waals surface area contributed by atoms with Crippen molar-refractivity contribution >= 4 is 17.5 Å². The number of pyridine rings is 1. The second kappa shape index (κ2) is 5.78. The molecule has 0 saturated heterocycles. The Hall–Kier alpha value is -2.18. The van der Waals surface area contributed by atoms with Crippen molar-refractivity contribution in [1.29, 1.82) is 0 Å². The fraction of sp³-hybridized carbons (Fsp3) is 0.400. The first-order valence-corrected chi connectivity index (χ1v) is 5.05. The van der Waals surface area contributed by atoms with E-state index in [0.717, 1.165) is 0 Å². The maximum Gasteiger partial charge on any atom is 0.325 e. The minimum absolute atomic E-state index is 0.0723. The fourth-order valence-electron chi connectivity index (χ4n) is 1.28. The number of ether oxygens (including phenoxy) is 1. The van der Waals surface area contributed by atoms with Gasteiger partial charge in [-0.05, 0) is 19.9 Å². The van der Waals surface area contributed by atoms with Crippen molar-refractivity contribution in [2.45, 2.75) is 13.8 Å². The molecule has 0 spiro atoms. The highest BCUT2D eigenvalue weighted by atomic mass is 16.6. The molecule has 1 heterocycles. The molecule has 0 aromatic carbocycles. The Morgan fingerprint density at radius 1 is 1.65 bits per heavy atom. The van der Waals surface area contributed by atoms with Crippen LogP contribution in [0.1, 0.15) is 12.5 Å². The van der Waals surface area contributed by atoms with Crippen LogP contribution in [0, 0.1) is 17.0 Å². The van der Waals surface area contributed by atoms with Gasteiger partial charge >= 0.3 is 11.7 Å². The summed E-state index contributed by atoms with van der Waals surface area (Å²) in [6.45, 7) is 3.41. The first-order valence-electron chi connectivity index (χ1n) is 5.05. The van der Waals surface area contributed by atoms with Crippen LogP contribution in [-0.4, -0.2) is 29.0 Å². The van der Waals surface area contributed by atoms with Gasteiger partial charge in [0.15, 0.2) is 0 Å². The van der Waals surface area contributed by atoms with Crippen LogP contribution in [0.2, 0.25) is 0 Å². The van der Waals surface area contributed by atoms with Gasteiger partial charge in [0.25, 0.3) is 0 Å². The number of carbonyl (C=O) groups excluding carboxylic acids is 1. The highest BCUT2D eigenvalue weighted by Crippen LogP contribution is 2.24. The average molecular weight is 239 g/mol. The molecule has 7 nitrogen and oxygen atoms in total. The number of nitrogens with one attached hydrogen (secondary N) is 1. The van der Waals surface area contributed by atoms with Crippen LogP contribution in [0.25, 0.3) is 0 Å². The minimum atomic E-state index is -0.532. The second-order valence-corrected chi connectivity index (χ2v) is 3.24. The summed E-state index contributed by atoms with van der Waals surface area (Å²) in [7, 11) is 0. The first kappa shape index (κ1) is 12.9. The molecule has 0 radical (unpaired) electrons. The minimum Gasteiger partial charge on any atom is -0.465 e. The number of anilines is 1. The monoisotopic (exact) mass is 239 g/mol. The van der Waals surface area contributed by atoms with Crippen molar-refractivity contribution in [2.75, 3.05) is 18.5 Å². The van der Waals surface area contributed by atoms with Gasteiger partial charge < -0.3 is 10.1 Å². The molecule has 0 bridgehead atoms. The number of rotatable bonds is 5. The van der Waals surface area contributed by atoms with Crippen LogP contribution in [0.4, 0.5) is 11.5 Å². The molecule has 0 atom stereocenters. The van der Waals surface area contributed by atoms with E-state index in [1.807, 2.05) is 0 Å². The van der Waals surface area contributed by atoms with E-state index in [0.29, 0.717) is 5.56 Å². The maximum absolute atomic E-state index is 11.1. The summed E-state index contributed by atoms with van der Waals surface area (Å²) in [5, 5.41) is 13.4. The van der Waals surface area contributed by atoms with Crippen molar-refractivity contribution in [3.05, 3.63) is 27.9 Å². The molecule has 0 aliphatic heterocycles. The lowest BCUT2D eigenvalue weighted by Crippen LogP contribution is -2.18. The van der Waals surface area contributed by atoms with Crippen molar-refractivity contribution in [1.82, 2.24) is 4.98 Å². The standard InChI is InChI=1S/C10H13N3O4/c1-3-17-8(14)6-12-10-9(13(15)16)7(2)4-5-11-10/h4-5H,3,6H2,1-2H3,(H,11,12). The van der Waals surface area contributed by atoms with E-state index in [4.69, 9.17) is 4.74 Å². The summed E-state index contributed by atoms with van der Waals surface area (Å²) in [6.07, 6.45) is 1.44. The van der Waals surface area contributed by atoms with Crippen molar-refractivity contribution in [3.63, 3.8) is 0 Å². The summed E-state index contributed by atoms with van der Waals surface area (Å²) in [5.41, 5.74) is 0.355. The summed E-state index contributed by atoms with van der Waals surface area (Å²) in [4.78, 5) is 25.2. The summed E-state index contributed by atoms with van der Waals surface area (Å²) in [6, 6.07) is 1.54. The molecule has 1 aromatic heterocycles. The number of aromatic nitrogens is 1. The third-order valence-corrected chi connectivity index (χ3v) is 2.01. The van der Waals surface area contributed by atoms with Crippen molar-refractivity contribution < 1.29 is 14.5 Å². The van der Waals surface area contributed by atoms with Crippen LogP contribution in [-0.2, 0) is 9.53 Å². The Bertz CT molecular complexity index is 434. The predicted octanol–water partition coefficient (Wildman–Crippen LogP) is 1.27. The molecule has 1 aromatic rings. The van der Waals surface area contributed by atoms with Crippen LogP contribution < -0.4 is 5.32 Å². The van der Waals surface area contributed by atoms with E-state index < -0.39 is 10.9 Å². The van der Waals surface area contributed by atoms with Gasteiger partial charge in [0, 0.05) is 11.8 Å². The van der Waals surface area contributed by atoms with Gasteiger partial charge in [-0.25, -0.2) is 4.98 Å². The maximum atomic E-state index is 11.1. The topological polar surface area (TPSA) is 94.4 Å². The van der Waals surface area contributed by atoms with Crippen molar-refractivity contribution in [2.24, 2.45) is 0 Å². The highest BCUT2D eigenvalue weighted by molar-refractivity contribution is 5.76. The molecule has 1 N–H and O–H groups in total. The first-order chi connectivity index (χ1) is 8.06. The summed E-state index contributed by atoms with van der Waals surface area (Å²) in [5.74, 6) is -0.409. The van der Waals surface area contributed by atoms with Crippen LogP contribution in [0.3, 0.4) is 0 Å². The quantitative estimate of drug-likeness (QED) is 0.472. The van der Waals surface area contributed by atoms with E-state index >= 15 is 0 Å². The zero-order chi connectivity index (χ0) is 12.8. The highest BCUT2D eigenvalue weighted by Gasteiger charge is 2.18. The van der Waals surface area contributed by atoms with Crippen LogP contribution >= 0.6 is 0 Å². The molecule has 1 rings (SSSR count). The Labute approximate surface area is 98.0 Å². The van der Waals surface area contributed by atoms with E-state index in [1.165, 1.54) is 12.3 Å². The van der Waals surface area contributed by atoms with Gasteiger partial charge in [0.05, 0.1) is 11.5 Å². The van der Waals surface area contributed by atoms with Gasteiger partial charge in [-0.3, -0.25) is 14.9 Å². The number of aryl methyl sites for hydroxylation is 1. The number of hydrogen-bond donors (Lipinski definition) is 1. The lowest BCUT2D eigenvalue weighted by Gasteiger charge is -2.06. The molecule has 7 heteroatoms. The molecule has 0 aliphatic carbocycles. The van der Waals surface area contributed by atoms with Gasteiger partial charge in [-0.1, -0.05) is 0 Å². The average Bonchev–Trinajstić information content (AvgIpc) is 2.26. The van der Waals surface area contributed by atoms with Gasteiger partial charge in [-0.15, -0.1) is 0 Å². The predicted molar refractivity (Wildman–Crippen MR) is 60.8 cm³/mol. The Kier molecular flexibility index (Phi) is 4.38. The number of nitrogens with zero attached hydrogens (tertiary/aromatic N) is 2. The third kappa shape index (κ3) is 3.40. The zero-order valence-electron chi connectivity index (χ0n) is 9.60. The van der Waals surface area contributed by atoms with Gasteiger partial charge in [-0.2, -0.15) is 0 Å². The Balaban J connectivity index is 2.81. The summed E-state index contributed by atoms with van der Waals surface area (Å²) >= 11 is 0. The number of hydrogen-bond acceptors (Lipinski definition) is 6. The molecule has 0 unspecified atom stereocenters. The molecular weight excluding hydrogens is 226 g/mol. The third-order valence-electron chi connectivity index (χ3n) is 2.01. The Morgan fingerprint density at radius 2 is 2.35 bits per heavy atom. The van der Waals surface area contributed by atoms with Gasteiger partial charge in [0.2, 0.25) is 5.82 Å². The van der Waals surface area contributed by atoms with Crippen molar-refractivity contribution in [3.8, 4) is 0 Å². The molecule has 92 valence electrons. The van der Waals surface area contributed by atoms with E-state index in [2.05, 4.69) is 10.3 Å². The molecule has 17 heavy (non-hydrogen) atoms. The van der Waals surface area contributed by atoms with Crippen LogP contribution in [0.15, 0.2) is 12.3 Å². The van der Waals surface area contributed by atoms with E-state index in [9.17, 15) is 14.9 Å². The number of carbonyl (C=O) groups is 1. The smallest absolute Gasteiger partial charge is 0.325 e. The van der Waals surface area contributed by atoms with E-state index in [1.54, 1.807) is 13.8 Å². The summed E-state index contributed by atoms with van der Waals surface area (Å²) < 4.78 is 4.70. The number of nitro groups is 1. The largest absolute Gasteiger partial charge is 0.465 e. The Morgan fingerprint density at radius 3 is 2.94 bits per heavy atom. The SMILES string of the molecule is CCOC(=O)CNc1nccc(C)c1[N+](=O)[O-]. The lowest BCUT2D eigenvalue weighted by molar-refractivity contribution is -0.384. The molecular formula is C10H13N3O4. The molecule has 0 saturated carbocycles. The lowest BCUT2D eigenvalue weighted by atomic mass is 10.2. The number of esters is 1. The zero-order valence-corrected chi connectivity index (χ0v) is 9.60. The normalized spacial score (nSPS) is 9.76. The fourth-order valence-corrected chi connectivity index (χ4v) is 1.28.